The molecule has 160 valence electrons. The highest BCUT2D eigenvalue weighted by Crippen LogP contribution is 2.34. The lowest BCUT2D eigenvalue weighted by molar-refractivity contribution is -0.119. The van der Waals surface area contributed by atoms with E-state index in [2.05, 4.69) is 5.32 Å². The van der Waals surface area contributed by atoms with Gasteiger partial charge in [0.05, 0.1) is 16.1 Å². The second-order valence-corrected chi connectivity index (χ2v) is 8.09. The first kappa shape index (κ1) is 22.0. The maximum Gasteiger partial charge on any atom is 0.340 e. The van der Waals surface area contributed by atoms with Crippen LogP contribution in [0, 0.1) is 0 Å². The van der Waals surface area contributed by atoms with Gasteiger partial charge in [0.15, 0.2) is 18.2 Å². The highest BCUT2D eigenvalue weighted by Gasteiger charge is 2.33. The minimum absolute atomic E-state index is 0.0668. The molecule has 0 aromatic heterocycles. The number of ketones is 2. The molecule has 0 aliphatic heterocycles. The average molecular weight is 489 g/mol. The quantitative estimate of drug-likeness (QED) is 0.398. The van der Waals surface area contributed by atoms with Crippen LogP contribution in [-0.4, -0.2) is 30.0 Å². The number of carbonyl (C=O) groups excluding carboxylic acids is 4. The second kappa shape index (κ2) is 8.74. The Hall–Kier alpha value is -3.19. The molecule has 0 unspecified atom stereocenters. The fourth-order valence-corrected chi connectivity index (χ4v) is 4.19. The minimum atomic E-state index is -0.920. The number of hydrogen-bond donors (Lipinski definition) is 1. The third kappa shape index (κ3) is 4.12. The third-order valence-corrected chi connectivity index (χ3v) is 5.56. The highest BCUT2D eigenvalue weighted by atomic mass is 35.5. The van der Waals surface area contributed by atoms with E-state index in [9.17, 15) is 19.2 Å². The summed E-state index contributed by atoms with van der Waals surface area (Å²) in [5, 5.41) is 2.95. The van der Waals surface area contributed by atoms with Crippen molar-refractivity contribution >= 4 is 63.9 Å². The molecule has 3 aromatic rings. The van der Waals surface area contributed by atoms with Crippen LogP contribution in [0.15, 0.2) is 54.6 Å². The number of esters is 1. The number of benzene rings is 3. The Balaban J connectivity index is 1.52. The fourth-order valence-electron chi connectivity index (χ4n) is 3.34. The van der Waals surface area contributed by atoms with Gasteiger partial charge >= 0.3 is 5.97 Å². The number of halogens is 3. The molecule has 0 heterocycles. The molecule has 0 radical (unpaired) electrons. The van der Waals surface area contributed by atoms with E-state index in [0.717, 1.165) is 0 Å². The monoisotopic (exact) mass is 487 g/mol. The van der Waals surface area contributed by atoms with Gasteiger partial charge in [0.1, 0.15) is 0 Å². The van der Waals surface area contributed by atoms with Crippen LogP contribution in [-0.2, 0) is 9.53 Å². The molecule has 0 saturated heterocycles. The van der Waals surface area contributed by atoms with E-state index >= 15 is 0 Å². The van der Waals surface area contributed by atoms with E-state index in [-0.39, 0.29) is 38.6 Å². The van der Waals surface area contributed by atoms with E-state index in [1.165, 1.54) is 36.4 Å². The van der Waals surface area contributed by atoms with Crippen molar-refractivity contribution < 1.29 is 23.9 Å². The predicted octanol–water partition coefficient (Wildman–Crippen LogP) is 5.22. The molecule has 9 heteroatoms. The van der Waals surface area contributed by atoms with Gasteiger partial charge < -0.3 is 10.1 Å². The van der Waals surface area contributed by atoms with Crippen LogP contribution >= 0.6 is 34.8 Å². The van der Waals surface area contributed by atoms with E-state index in [4.69, 9.17) is 39.5 Å². The van der Waals surface area contributed by atoms with Crippen molar-refractivity contribution in [2.45, 2.75) is 0 Å². The van der Waals surface area contributed by atoms with Crippen molar-refractivity contribution in [1.29, 1.82) is 0 Å². The molecule has 1 aliphatic carbocycles. The summed E-state index contributed by atoms with van der Waals surface area (Å²) in [6.07, 6.45) is 0. The first-order valence-electron chi connectivity index (χ1n) is 9.20. The summed E-state index contributed by atoms with van der Waals surface area (Å²) in [5.74, 6) is -2.39. The van der Waals surface area contributed by atoms with Crippen molar-refractivity contribution in [3.63, 3.8) is 0 Å². The Kier molecular flexibility index (Phi) is 6.02. The van der Waals surface area contributed by atoms with Gasteiger partial charge in [0, 0.05) is 32.4 Å². The normalized spacial score (nSPS) is 12.1. The molecule has 1 aliphatic rings. The Bertz CT molecular complexity index is 1300. The van der Waals surface area contributed by atoms with Crippen LogP contribution in [0.25, 0.3) is 0 Å². The maximum absolute atomic E-state index is 12.9. The molecule has 3 aromatic carbocycles. The summed E-state index contributed by atoms with van der Waals surface area (Å²) >= 11 is 18.1. The first-order chi connectivity index (χ1) is 15.3. The topological polar surface area (TPSA) is 89.5 Å². The van der Waals surface area contributed by atoms with Gasteiger partial charge in [0.2, 0.25) is 0 Å². The summed E-state index contributed by atoms with van der Waals surface area (Å²) in [4.78, 5) is 50.3. The molecule has 4 rings (SSSR count). The lowest BCUT2D eigenvalue weighted by Gasteiger charge is -2.19. The highest BCUT2D eigenvalue weighted by molar-refractivity contribution is 6.41. The van der Waals surface area contributed by atoms with E-state index < -0.39 is 24.3 Å². The summed E-state index contributed by atoms with van der Waals surface area (Å²) in [7, 11) is 0. The number of hydrogen-bond acceptors (Lipinski definition) is 5. The van der Waals surface area contributed by atoms with Crippen LogP contribution < -0.4 is 5.32 Å². The number of amides is 1. The molecule has 0 bridgehead atoms. The summed E-state index contributed by atoms with van der Waals surface area (Å²) in [6, 6.07) is 13.5. The second-order valence-electron chi connectivity index (χ2n) is 6.84. The molecular formula is C23H12Cl3NO5. The fraction of sp³-hybridized carbons (Fsp3) is 0.0435. The van der Waals surface area contributed by atoms with E-state index in [0.29, 0.717) is 15.7 Å². The predicted molar refractivity (Wildman–Crippen MR) is 120 cm³/mol. The van der Waals surface area contributed by atoms with Gasteiger partial charge in [-0.05, 0) is 30.3 Å². The van der Waals surface area contributed by atoms with Gasteiger partial charge in [-0.3, -0.25) is 14.4 Å². The van der Waals surface area contributed by atoms with Gasteiger partial charge in [-0.25, -0.2) is 4.79 Å². The lowest BCUT2D eigenvalue weighted by atomic mass is 9.83. The Morgan fingerprint density at radius 1 is 0.812 bits per heavy atom. The van der Waals surface area contributed by atoms with Gasteiger partial charge in [-0.15, -0.1) is 0 Å². The van der Waals surface area contributed by atoms with Crippen LogP contribution in [0.4, 0.5) is 5.69 Å². The van der Waals surface area contributed by atoms with Crippen molar-refractivity contribution in [2.24, 2.45) is 0 Å². The standard InChI is InChI=1S/C23H12Cl3NO5/c24-11-7-12(25)9-13(8-11)27-18(28)10-32-23(31)17-6-5-16-19(20(17)26)22(30)15-4-2-1-3-14(15)21(16)29/h1-9H,10H2,(H,27,28). The maximum atomic E-state index is 12.9. The molecule has 1 amide bonds. The molecule has 0 fully saturated rings. The van der Waals surface area contributed by atoms with Crippen molar-refractivity contribution in [1.82, 2.24) is 0 Å². The SMILES string of the molecule is O=C(COC(=O)c1ccc2c(c1Cl)C(=O)c1ccccc1C2=O)Nc1cc(Cl)cc(Cl)c1. The van der Waals surface area contributed by atoms with Crippen molar-refractivity contribution in [3.8, 4) is 0 Å². The number of ether oxygens (including phenoxy) is 1. The number of rotatable bonds is 4. The van der Waals surface area contributed by atoms with Crippen molar-refractivity contribution in [2.75, 3.05) is 11.9 Å². The molecule has 0 spiro atoms. The zero-order chi connectivity index (χ0) is 23.0. The van der Waals surface area contributed by atoms with Crippen LogP contribution in [0.1, 0.15) is 42.2 Å². The molecule has 0 atom stereocenters. The van der Waals surface area contributed by atoms with Crippen LogP contribution in [0.3, 0.4) is 0 Å². The number of nitrogens with one attached hydrogen (secondary N) is 1. The van der Waals surface area contributed by atoms with E-state index in [1.807, 2.05) is 0 Å². The average Bonchev–Trinajstić information content (AvgIpc) is 2.75. The molecule has 0 saturated carbocycles. The molecular weight excluding hydrogens is 477 g/mol. The van der Waals surface area contributed by atoms with Gasteiger partial charge in [-0.2, -0.15) is 0 Å². The molecule has 1 N–H and O–H groups in total. The smallest absolute Gasteiger partial charge is 0.340 e. The Morgan fingerprint density at radius 3 is 2.09 bits per heavy atom. The summed E-state index contributed by atoms with van der Waals surface area (Å²) in [5.41, 5.74) is 0.711. The first-order valence-corrected chi connectivity index (χ1v) is 10.3. The van der Waals surface area contributed by atoms with Crippen LogP contribution in [0.2, 0.25) is 15.1 Å². The Morgan fingerprint density at radius 2 is 1.44 bits per heavy atom. The third-order valence-electron chi connectivity index (χ3n) is 4.73. The zero-order valence-electron chi connectivity index (χ0n) is 16.1. The Labute approximate surface area is 197 Å². The van der Waals surface area contributed by atoms with Gasteiger partial charge in [0.25, 0.3) is 5.91 Å². The minimum Gasteiger partial charge on any atom is -0.452 e. The number of anilines is 1. The van der Waals surface area contributed by atoms with Crippen molar-refractivity contribution in [3.05, 3.63) is 97.5 Å². The summed E-state index contributed by atoms with van der Waals surface area (Å²) < 4.78 is 5.03. The summed E-state index contributed by atoms with van der Waals surface area (Å²) in [6.45, 7) is -0.619. The van der Waals surface area contributed by atoms with E-state index in [1.54, 1.807) is 18.2 Å². The molecule has 6 nitrogen and oxygen atoms in total. The lowest BCUT2D eigenvalue weighted by Crippen LogP contribution is -2.24. The van der Waals surface area contributed by atoms with Gasteiger partial charge in [-0.1, -0.05) is 59.1 Å². The number of fused-ring (bicyclic) bond motifs is 2. The molecule has 32 heavy (non-hydrogen) atoms. The number of carbonyl (C=O) groups is 4. The van der Waals surface area contributed by atoms with Crippen LogP contribution in [0.5, 0.6) is 0 Å². The zero-order valence-corrected chi connectivity index (χ0v) is 18.3. The largest absolute Gasteiger partial charge is 0.452 e.